The van der Waals surface area contributed by atoms with Gasteiger partial charge < -0.3 is 10.1 Å². The summed E-state index contributed by atoms with van der Waals surface area (Å²) in [6, 6.07) is 0. The van der Waals surface area contributed by atoms with Crippen LogP contribution in [0.25, 0.3) is 0 Å². The van der Waals surface area contributed by atoms with Gasteiger partial charge in [-0.15, -0.1) is 0 Å². The molecular weight excluding hydrogens is 130 g/mol. The molecule has 1 aliphatic rings. The fourth-order valence-corrected chi connectivity index (χ4v) is 1.18. The molecule has 58 valence electrons. The maximum absolute atomic E-state index is 9.83. The molecule has 0 aliphatic carbocycles. The zero-order valence-corrected chi connectivity index (χ0v) is 6.01. The predicted molar refractivity (Wildman–Crippen MR) is 37.7 cm³/mol. The van der Waals surface area contributed by atoms with Crippen LogP contribution in [0, 0.1) is 0 Å². The second-order valence-electron chi connectivity index (χ2n) is 2.50. The summed E-state index contributed by atoms with van der Waals surface area (Å²) in [7, 11) is 0. The highest BCUT2D eigenvalue weighted by atomic mass is 16.5. The first-order chi connectivity index (χ1) is 4.93. The molecule has 0 aromatic carbocycles. The monoisotopic (exact) mass is 143 g/mol. The van der Waals surface area contributed by atoms with Gasteiger partial charge in [0.05, 0.1) is 6.10 Å². The van der Waals surface area contributed by atoms with Crippen LogP contribution >= 0.6 is 0 Å². The summed E-state index contributed by atoms with van der Waals surface area (Å²) in [4.78, 5) is 9.83. The van der Waals surface area contributed by atoms with Gasteiger partial charge in [0.1, 0.15) is 0 Å². The normalized spacial score (nSPS) is 24.6. The minimum Gasteiger partial charge on any atom is -0.378 e. The van der Waals surface area contributed by atoms with Crippen LogP contribution in [0.4, 0.5) is 0 Å². The van der Waals surface area contributed by atoms with Gasteiger partial charge in [0.15, 0.2) is 0 Å². The minimum absolute atomic E-state index is 0.396. The minimum atomic E-state index is 0.396. The Morgan fingerprint density at radius 1 is 1.70 bits per heavy atom. The van der Waals surface area contributed by atoms with Crippen molar-refractivity contribution < 1.29 is 9.53 Å². The molecular formula is C7H13NO2. The van der Waals surface area contributed by atoms with Gasteiger partial charge in [-0.1, -0.05) is 0 Å². The number of carbonyl (C=O) groups is 1. The summed E-state index contributed by atoms with van der Waals surface area (Å²) in [5.74, 6) is 0. The molecule has 1 aliphatic heterocycles. The van der Waals surface area contributed by atoms with Crippen LogP contribution in [0.1, 0.15) is 19.3 Å². The summed E-state index contributed by atoms with van der Waals surface area (Å²) >= 11 is 0. The largest absolute Gasteiger partial charge is 0.378 e. The van der Waals surface area contributed by atoms with Crippen molar-refractivity contribution in [3.8, 4) is 0 Å². The average Bonchev–Trinajstić information content (AvgIpc) is 2.41. The van der Waals surface area contributed by atoms with Crippen LogP contribution in [-0.4, -0.2) is 25.7 Å². The SMILES string of the molecule is O=CNCCC1CCCO1. The number of hydrogen-bond donors (Lipinski definition) is 1. The van der Waals surface area contributed by atoms with Gasteiger partial charge in [0.2, 0.25) is 6.41 Å². The maximum Gasteiger partial charge on any atom is 0.207 e. The van der Waals surface area contributed by atoms with Crippen molar-refractivity contribution in [3.63, 3.8) is 0 Å². The van der Waals surface area contributed by atoms with Gasteiger partial charge in [-0.3, -0.25) is 4.79 Å². The zero-order chi connectivity index (χ0) is 7.23. The van der Waals surface area contributed by atoms with E-state index >= 15 is 0 Å². The molecule has 0 spiro atoms. The highest BCUT2D eigenvalue weighted by molar-refractivity contribution is 5.45. The third kappa shape index (κ3) is 2.35. The Kier molecular flexibility index (Phi) is 3.22. The molecule has 3 nitrogen and oxygen atoms in total. The molecule has 0 radical (unpaired) electrons. The Balaban J connectivity index is 1.96. The Bertz CT molecular complexity index is 99.8. The van der Waals surface area contributed by atoms with Crippen molar-refractivity contribution in [2.75, 3.05) is 13.2 Å². The maximum atomic E-state index is 9.83. The smallest absolute Gasteiger partial charge is 0.207 e. The van der Waals surface area contributed by atoms with Crippen LogP contribution < -0.4 is 5.32 Å². The number of nitrogens with one attached hydrogen (secondary N) is 1. The van der Waals surface area contributed by atoms with E-state index in [-0.39, 0.29) is 0 Å². The molecule has 1 fully saturated rings. The standard InChI is InChI=1S/C7H13NO2/c9-6-8-4-3-7-2-1-5-10-7/h6-7H,1-5H2,(H,8,9). The predicted octanol–water partition coefficient (Wildman–Crippen LogP) is 0.301. The molecule has 10 heavy (non-hydrogen) atoms. The Morgan fingerprint density at radius 3 is 3.20 bits per heavy atom. The number of hydrogen-bond acceptors (Lipinski definition) is 2. The summed E-state index contributed by atoms with van der Waals surface area (Å²) in [5.41, 5.74) is 0. The summed E-state index contributed by atoms with van der Waals surface area (Å²) in [6.45, 7) is 1.64. The molecule has 3 heteroatoms. The number of ether oxygens (including phenoxy) is 1. The van der Waals surface area contributed by atoms with E-state index in [0.717, 1.165) is 32.4 Å². The fourth-order valence-electron chi connectivity index (χ4n) is 1.18. The van der Waals surface area contributed by atoms with E-state index in [0.29, 0.717) is 6.10 Å². The Morgan fingerprint density at radius 2 is 2.60 bits per heavy atom. The molecule has 0 saturated carbocycles. The van der Waals surface area contributed by atoms with Gasteiger partial charge in [-0.2, -0.15) is 0 Å². The topological polar surface area (TPSA) is 38.3 Å². The number of rotatable bonds is 4. The third-order valence-electron chi connectivity index (χ3n) is 1.72. The van der Waals surface area contributed by atoms with E-state index in [1.165, 1.54) is 6.42 Å². The van der Waals surface area contributed by atoms with Crippen LogP contribution in [0.3, 0.4) is 0 Å². The quantitative estimate of drug-likeness (QED) is 0.454. The first-order valence-electron chi connectivity index (χ1n) is 3.72. The number of carbonyl (C=O) groups excluding carboxylic acids is 1. The summed E-state index contributed by atoms with van der Waals surface area (Å²) in [6.07, 6.45) is 4.41. The average molecular weight is 143 g/mol. The van der Waals surface area contributed by atoms with E-state index in [2.05, 4.69) is 5.32 Å². The van der Waals surface area contributed by atoms with Crippen molar-refractivity contribution in [1.82, 2.24) is 5.32 Å². The molecule has 0 aromatic heterocycles. The molecule has 1 unspecified atom stereocenters. The molecule has 1 rings (SSSR count). The lowest BCUT2D eigenvalue weighted by Crippen LogP contribution is -2.18. The first-order valence-corrected chi connectivity index (χ1v) is 3.72. The van der Waals surface area contributed by atoms with Gasteiger partial charge in [0.25, 0.3) is 0 Å². The van der Waals surface area contributed by atoms with Gasteiger partial charge in [0, 0.05) is 13.2 Å². The van der Waals surface area contributed by atoms with Crippen LogP contribution in [0.2, 0.25) is 0 Å². The first kappa shape index (κ1) is 7.54. The van der Waals surface area contributed by atoms with Crippen molar-refractivity contribution in [1.29, 1.82) is 0 Å². The second-order valence-corrected chi connectivity index (χ2v) is 2.50. The van der Waals surface area contributed by atoms with E-state index in [1.54, 1.807) is 0 Å². The Hall–Kier alpha value is -0.570. The van der Waals surface area contributed by atoms with Crippen LogP contribution in [0.5, 0.6) is 0 Å². The van der Waals surface area contributed by atoms with Gasteiger partial charge in [-0.05, 0) is 19.3 Å². The Labute approximate surface area is 60.7 Å². The lowest BCUT2D eigenvalue weighted by atomic mass is 10.2. The molecule has 0 bridgehead atoms. The van der Waals surface area contributed by atoms with Crippen LogP contribution in [-0.2, 0) is 9.53 Å². The van der Waals surface area contributed by atoms with Crippen molar-refractivity contribution >= 4 is 6.41 Å². The second kappa shape index (κ2) is 4.28. The molecule has 1 saturated heterocycles. The van der Waals surface area contributed by atoms with E-state index in [1.807, 2.05) is 0 Å². The molecule has 1 N–H and O–H groups in total. The van der Waals surface area contributed by atoms with Gasteiger partial charge in [-0.25, -0.2) is 0 Å². The molecule has 1 heterocycles. The molecule has 1 atom stereocenters. The van der Waals surface area contributed by atoms with Crippen LogP contribution in [0.15, 0.2) is 0 Å². The summed E-state index contributed by atoms with van der Waals surface area (Å²) < 4.78 is 5.34. The van der Waals surface area contributed by atoms with Crippen molar-refractivity contribution in [2.45, 2.75) is 25.4 Å². The molecule has 0 aromatic rings. The highest BCUT2D eigenvalue weighted by Crippen LogP contribution is 2.13. The lowest BCUT2D eigenvalue weighted by Gasteiger charge is -2.06. The van der Waals surface area contributed by atoms with Crippen molar-refractivity contribution in [2.24, 2.45) is 0 Å². The summed E-state index contributed by atoms with van der Waals surface area (Å²) in [5, 5.41) is 2.61. The van der Waals surface area contributed by atoms with E-state index in [9.17, 15) is 4.79 Å². The van der Waals surface area contributed by atoms with Gasteiger partial charge >= 0.3 is 0 Å². The van der Waals surface area contributed by atoms with E-state index in [4.69, 9.17) is 4.74 Å². The fraction of sp³-hybridized carbons (Fsp3) is 0.857. The van der Waals surface area contributed by atoms with Crippen molar-refractivity contribution in [3.05, 3.63) is 0 Å². The highest BCUT2D eigenvalue weighted by Gasteiger charge is 2.13. The number of amides is 1. The zero-order valence-electron chi connectivity index (χ0n) is 6.01. The third-order valence-corrected chi connectivity index (χ3v) is 1.72. The van der Waals surface area contributed by atoms with E-state index < -0.39 is 0 Å². The lowest BCUT2D eigenvalue weighted by molar-refractivity contribution is -0.109. The molecule has 1 amide bonds.